The number of rotatable bonds is 11. The van der Waals surface area contributed by atoms with Crippen LogP contribution < -0.4 is 26.8 Å². The second-order valence-corrected chi connectivity index (χ2v) is 9.45. The molecule has 200 valence electrons. The average Bonchev–Trinajstić information content (AvgIpc) is 3.25. The smallest absolute Gasteiger partial charge is 0.328 e. The fraction of sp³-hybridized carbons (Fsp3) is 0.407. The first-order chi connectivity index (χ1) is 18.6. The van der Waals surface area contributed by atoms with Crippen LogP contribution in [0.4, 0.5) is 17.3 Å². The van der Waals surface area contributed by atoms with Gasteiger partial charge in [0.05, 0.1) is 13.2 Å². The molecule has 4 heterocycles. The predicted molar refractivity (Wildman–Crippen MR) is 147 cm³/mol. The zero-order chi connectivity index (χ0) is 26.3. The van der Waals surface area contributed by atoms with Crippen LogP contribution in [0.25, 0.3) is 11.2 Å². The van der Waals surface area contributed by atoms with E-state index in [9.17, 15) is 4.79 Å². The van der Waals surface area contributed by atoms with Gasteiger partial charge in [-0.15, -0.1) is 0 Å². The summed E-state index contributed by atoms with van der Waals surface area (Å²) in [6.07, 6.45) is 5.73. The van der Waals surface area contributed by atoms with Crippen molar-refractivity contribution in [3.05, 3.63) is 64.2 Å². The second-order valence-electron chi connectivity index (χ2n) is 9.45. The fourth-order valence-electron chi connectivity index (χ4n) is 4.34. The van der Waals surface area contributed by atoms with Crippen molar-refractivity contribution in [1.82, 2.24) is 29.8 Å². The number of nitrogens with one attached hydrogen (secondary N) is 3. The molecule has 4 aromatic rings. The summed E-state index contributed by atoms with van der Waals surface area (Å²) in [6, 6.07) is 12.8. The molecular formula is C27H34N8O3. The maximum atomic E-state index is 12.6. The Morgan fingerprint density at radius 2 is 1.92 bits per heavy atom. The summed E-state index contributed by atoms with van der Waals surface area (Å²) in [5, 5.41) is 6.93. The summed E-state index contributed by atoms with van der Waals surface area (Å²) < 4.78 is 12.5. The topological polar surface area (TPSA) is 145 Å². The summed E-state index contributed by atoms with van der Waals surface area (Å²) in [4.78, 5) is 28.5. The fourth-order valence-corrected chi connectivity index (χ4v) is 4.34. The number of H-pyrrole nitrogens is 1. The van der Waals surface area contributed by atoms with Crippen molar-refractivity contribution in [3.63, 3.8) is 0 Å². The van der Waals surface area contributed by atoms with Gasteiger partial charge in [0, 0.05) is 37.7 Å². The summed E-state index contributed by atoms with van der Waals surface area (Å²) >= 11 is 0. The molecule has 0 radical (unpaired) electrons. The molecule has 1 saturated heterocycles. The number of benzene rings is 1. The summed E-state index contributed by atoms with van der Waals surface area (Å²) in [5.74, 6) is 0.895. The first-order valence-electron chi connectivity index (χ1n) is 13.1. The largest absolute Gasteiger partial charge is 0.463 e. The van der Waals surface area contributed by atoms with Crippen molar-refractivity contribution >= 4 is 28.5 Å². The Hall–Kier alpha value is -3.96. The third-order valence-electron chi connectivity index (χ3n) is 6.57. The Kier molecular flexibility index (Phi) is 8.15. The van der Waals surface area contributed by atoms with Gasteiger partial charge in [-0.05, 0) is 48.6 Å². The molecule has 5 rings (SSSR count). The molecule has 0 spiro atoms. The SMILES string of the molecule is CCCCOc1nc(N)c2[nH]c(=O)n(Cc3ccc(Nc4ccc(CNC5CCOCC5)cc4)nc3)c2n1. The summed E-state index contributed by atoms with van der Waals surface area (Å²) in [7, 11) is 0. The maximum Gasteiger partial charge on any atom is 0.328 e. The first-order valence-corrected chi connectivity index (χ1v) is 13.1. The number of anilines is 3. The normalized spacial score (nSPS) is 14.1. The van der Waals surface area contributed by atoms with E-state index in [2.05, 4.69) is 49.6 Å². The number of hydrogen-bond donors (Lipinski definition) is 4. The lowest BCUT2D eigenvalue weighted by atomic mass is 10.1. The van der Waals surface area contributed by atoms with E-state index in [0.717, 1.165) is 56.7 Å². The van der Waals surface area contributed by atoms with Crippen LogP contribution in [0.15, 0.2) is 47.4 Å². The molecule has 0 amide bonds. The predicted octanol–water partition coefficient (Wildman–Crippen LogP) is 3.34. The molecule has 5 N–H and O–H groups in total. The maximum absolute atomic E-state index is 12.6. The van der Waals surface area contributed by atoms with Crippen LogP contribution in [0.5, 0.6) is 6.01 Å². The number of unbranched alkanes of at least 4 members (excludes halogenated alkanes) is 1. The number of aromatic amines is 1. The van der Waals surface area contributed by atoms with E-state index in [4.69, 9.17) is 15.2 Å². The number of imidazole rings is 1. The molecular weight excluding hydrogens is 484 g/mol. The van der Waals surface area contributed by atoms with Crippen LogP contribution in [-0.4, -0.2) is 50.4 Å². The van der Waals surface area contributed by atoms with Crippen molar-refractivity contribution in [2.45, 2.75) is 51.7 Å². The monoisotopic (exact) mass is 518 g/mol. The zero-order valence-electron chi connectivity index (χ0n) is 21.6. The van der Waals surface area contributed by atoms with E-state index in [1.54, 1.807) is 6.20 Å². The van der Waals surface area contributed by atoms with Gasteiger partial charge in [0.25, 0.3) is 0 Å². The molecule has 1 aliphatic heterocycles. The molecule has 1 aromatic carbocycles. The van der Waals surface area contributed by atoms with Crippen LogP contribution >= 0.6 is 0 Å². The standard InChI is InChI=1S/C27H34N8O3/c1-2-3-12-38-26-33-24(28)23-25(34-26)35(27(36)32-23)17-19-6-9-22(30-16-19)31-21-7-4-18(5-8-21)15-29-20-10-13-37-14-11-20/h4-9,16,20,29H,2-3,10-15,17H2,1H3,(H,30,31)(H,32,36)(H2,28,33,34). The lowest BCUT2D eigenvalue weighted by Crippen LogP contribution is -2.34. The van der Waals surface area contributed by atoms with Gasteiger partial charge in [-0.3, -0.25) is 4.57 Å². The third kappa shape index (κ3) is 6.29. The number of ether oxygens (including phenoxy) is 2. The Morgan fingerprint density at radius 1 is 1.13 bits per heavy atom. The molecule has 11 nitrogen and oxygen atoms in total. The van der Waals surface area contributed by atoms with E-state index in [0.29, 0.717) is 29.6 Å². The van der Waals surface area contributed by atoms with Crippen molar-refractivity contribution in [1.29, 1.82) is 0 Å². The number of nitrogens with zero attached hydrogens (tertiary/aromatic N) is 4. The van der Waals surface area contributed by atoms with Crippen LogP contribution in [0.3, 0.4) is 0 Å². The molecule has 1 fully saturated rings. The Labute approximate surface area is 220 Å². The molecule has 0 unspecified atom stereocenters. The average molecular weight is 519 g/mol. The van der Waals surface area contributed by atoms with Gasteiger partial charge < -0.3 is 30.8 Å². The summed E-state index contributed by atoms with van der Waals surface area (Å²) in [5.41, 5.74) is 9.57. The number of nitrogens with two attached hydrogens (primary N) is 1. The van der Waals surface area contributed by atoms with E-state index in [1.807, 2.05) is 24.3 Å². The number of fused-ring (bicyclic) bond motifs is 1. The molecule has 1 aliphatic rings. The van der Waals surface area contributed by atoms with Crippen molar-refractivity contribution in [2.24, 2.45) is 0 Å². The molecule has 3 aromatic heterocycles. The van der Waals surface area contributed by atoms with Gasteiger partial charge in [-0.1, -0.05) is 31.5 Å². The Morgan fingerprint density at radius 3 is 2.66 bits per heavy atom. The third-order valence-corrected chi connectivity index (χ3v) is 6.57. The highest BCUT2D eigenvalue weighted by molar-refractivity contribution is 5.82. The van der Waals surface area contributed by atoms with Crippen molar-refractivity contribution < 1.29 is 9.47 Å². The van der Waals surface area contributed by atoms with E-state index in [-0.39, 0.29) is 24.1 Å². The first kappa shape index (κ1) is 25.7. The Balaban J connectivity index is 1.21. The molecule has 0 saturated carbocycles. The minimum atomic E-state index is -0.319. The highest BCUT2D eigenvalue weighted by Crippen LogP contribution is 2.20. The van der Waals surface area contributed by atoms with Gasteiger partial charge in [0.15, 0.2) is 11.5 Å². The molecule has 11 heteroatoms. The lowest BCUT2D eigenvalue weighted by Gasteiger charge is -2.23. The number of hydrogen-bond acceptors (Lipinski definition) is 9. The molecule has 38 heavy (non-hydrogen) atoms. The number of aromatic nitrogens is 5. The van der Waals surface area contributed by atoms with Crippen LogP contribution in [0.2, 0.25) is 0 Å². The highest BCUT2D eigenvalue weighted by atomic mass is 16.5. The molecule has 0 bridgehead atoms. The quantitative estimate of drug-likeness (QED) is 0.220. The summed E-state index contributed by atoms with van der Waals surface area (Å²) in [6.45, 7) is 5.36. The second kappa shape index (κ2) is 12.1. The van der Waals surface area contributed by atoms with Crippen molar-refractivity contribution in [3.8, 4) is 6.01 Å². The van der Waals surface area contributed by atoms with Crippen LogP contribution in [0.1, 0.15) is 43.7 Å². The minimum absolute atomic E-state index is 0.166. The van der Waals surface area contributed by atoms with E-state index in [1.165, 1.54) is 10.1 Å². The minimum Gasteiger partial charge on any atom is -0.463 e. The van der Waals surface area contributed by atoms with Gasteiger partial charge in [0.2, 0.25) is 0 Å². The van der Waals surface area contributed by atoms with Crippen molar-refractivity contribution in [2.75, 3.05) is 30.9 Å². The van der Waals surface area contributed by atoms with E-state index >= 15 is 0 Å². The Bertz CT molecular complexity index is 1390. The molecule has 0 atom stereocenters. The zero-order valence-corrected chi connectivity index (χ0v) is 21.6. The lowest BCUT2D eigenvalue weighted by molar-refractivity contribution is 0.0776. The van der Waals surface area contributed by atoms with Gasteiger partial charge in [0.1, 0.15) is 11.3 Å². The van der Waals surface area contributed by atoms with Gasteiger partial charge >= 0.3 is 11.7 Å². The highest BCUT2D eigenvalue weighted by Gasteiger charge is 2.15. The van der Waals surface area contributed by atoms with Gasteiger partial charge in [-0.25, -0.2) is 9.78 Å². The van der Waals surface area contributed by atoms with Gasteiger partial charge in [-0.2, -0.15) is 9.97 Å². The molecule has 0 aliphatic carbocycles. The van der Waals surface area contributed by atoms with E-state index < -0.39 is 0 Å². The number of pyridine rings is 1. The number of nitrogen functional groups attached to an aromatic ring is 1. The van der Waals surface area contributed by atoms with Crippen LogP contribution in [0, 0.1) is 0 Å². The van der Waals surface area contributed by atoms with Crippen LogP contribution in [-0.2, 0) is 17.8 Å².